The summed E-state index contributed by atoms with van der Waals surface area (Å²) in [5, 5.41) is 3.72. The van der Waals surface area contributed by atoms with Gasteiger partial charge in [0.15, 0.2) is 0 Å². The molecule has 1 aliphatic carbocycles. The van der Waals surface area contributed by atoms with Crippen LogP contribution in [0.5, 0.6) is 0 Å². The van der Waals surface area contributed by atoms with Gasteiger partial charge in [-0.05, 0) is 44.2 Å². The molecule has 0 spiro atoms. The van der Waals surface area contributed by atoms with Gasteiger partial charge in [-0.15, -0.1) is 0 Å². The Morgan fingerprint density at radius 1 is 1.24 bits per heavy atom. The van der Waals surface area contributed by atoms with Crippen LogP contribution in [0, 0.1) is 5.92 Å². The average Bonchev–Trinajstić information content (AvgIpc) is 2.86. The fraction of sp³-hybridized carbons (Fsp3) is 0.714. The zero-order valence-electron chi connectivity index (χ0n) is 10.3. The predicted octanol–water partition coefficient (Wildman–Crippen LogP) is 2.67. The van der Waals surface area contributed by atoms with Crippen molar-refractivity contribution in [2.24, 2.45) is 5.92 Å². The van der Waals surface area contributed by atoms with E-state index in [1.807, 2.05) is 6.26 Å². The first-order chi connectivity index (χ1) is 8.43. The van der Waals surface area contributed by atoms with Crippen LogP contribution in [0.4, 0.5) is 0 Å². The van der Waals surface area contributed by atoms with Crippen LogP contribution in [0.1, 0.15) is 43.0 Å². The van der Waals surface area contributed by atoms with Crippen LogP contribution in [0.25, 0.3) is 0 Å². The van der Waals surface area contributed by atoms with E-state index in [1.165, 1.54) is 37.0 Å². The van der Waals surface area contributed by atoms with Crippen LogP contribution >= 0.6 is 0 Å². The van der Waals surface area contributed by atoms with Crippen LogP contribution in [0.2, 0.25) is 0 Å². The third-order valence-electron chi connectivity index (χ3n) is 4.05. The number of furan rings is 1. The highest BCUT2D eigenvalue weighted by Crippen LogP contribution is 2.30. The summed E-state index contributed by atoms with van der Waals surface area (Å²) in [4.78, 5) is 0. The number of rotatable bonds is 3. The number of ether oxygens (including phenoxy) is 1. The molecule has 3 heteroatoms. The zero-order valence-corrected chi connectivity index (χ0v) is 10.3. The van der Waals surface area contributed by atoms with Crippen LogP contribution in [-0.4, -0.2) is 19.8 Å². The van der Waals surface area contributed by atoms with Gasteiger partial charge >= 0.3 is 0 Å². The van der Waals surface area contributed by atoms with Crippen LogP contribution < -0.4 is 5.32 Å². The molecule has 1 N–H and O–H groups in total. The summed E-state index contributed by atoms with van der Waals surface area (Å²) in [7, 11) is 0. The Hall–Kier alpha value is -0.800. The quantitative estimate of drug-likeness (QED) is 0.874. The van der Waals surface area contributed by atoms with E-state index in [2.05, 4.69) is 11.4 Å². The normalized spacial score (nSPS) is 25.8. The number of hydrogen-bond acceptors (Lipinski definition) is 3. The van der Waals surface area contributed by atoms with Gasteiger partial charge in [0.2, 0.25) is 0 Å². The standard InChI is InChI=1S/C14H21NO2/c1-2-13(12-6-9-17-14(12)3-1)15-10-11-4-7-16-8-5-11/h6,9,11,13,15H,1-5,7-8,10H2. The zero-order chi connectivity index (χ0) is 11.5. The molecule has 1 unspecified atom stereocenters. The molecule has 0 bridgehead atoms. The van der Waals surface area contributed by atoms with Crippen molar-refractivity contribution in [1.82, 2.24) is 5.32 Å². The Morgan fingerprint density at radius 3 is 3.00 bits per heavy atom. The minimum atomic E-state index is 0.514. The number of nitrogens with one attached hydrogen (secondary N) is 1. The van der Waals surface area contributed by atoms with E-state index < -0.39 is 0 Å². The van der Waals surface area contributed by atoms with E-state index in [0.717, 1.165) is 32.1 Å². The minimum Gasteiger partial charge on any atom is -0.469 e. The summed E-state index contributed by atoms with van der Waals surface area (Å²) in [5.74, 6) is 1.99. The van der Waals surface area contributed by atoms with Gasteiger partial charge in [0.1, 0.15) is 5.76 Å². The maximum atomic E-state index is 5.52. The van der Waals surface area contributed by atoms with Gasteiger partial charge < -0.3 is 14.5 Å². The molecule has 0 radical (unpaired) electrons. The van der Waals surface area contributed by atoms with Crippen molar-refractivity contribution in [2.45, 2.75) is 38.1 Å². The van der Waals surface area contributed by atoms with E-state index in [-0.39, 0.29) is 0 Å². The fourth-order valence-electron chi connectivity index (χ4n) is 2.96. The molecule has 0 aromatic carbocycles. The third-order valence-corrected chi connectivity index (χ3v) is 4.05. The molecular formula is C14H21NO2. The second kappa shape index (κ2) is 5.23. The predicted molar refractivity (Wildman–Crippen MR) is 65.9 cm³/mol. The van der Waals surface area contributed by atoms with Gasteiger partial charge in [-0.1, -0.05) is 0 Å². The average molecular weight is 235 g/mol. The summed E-state index contributed by atoms with van der Waals surface area (Å²) in [5.41, 5.74) is 1.39. The molecule has 3 nitrogen and oxygen atoms in total. The van der Waals surface area contributed by atoms with Gasteiger partial charge in [-0.2, -0.15) is 0 Å². The van der Waals surface area contributed by atoms with Gasteiger partial charge in [0.05, 0.1) is 6.26 Å². The molecule has 1 fully saturated rings. The lowest BCUT2D eigenvalue weighted by Crippen LogP contribution is -2.32. The van der Waals surface area contributed by atoms with Crippen molar-refractivity contribution in [3.05, 3.63) is 23.7 Å². The van der Waals surface area contributed by atoms with Gasteiger partial charge in [0.25, 0.3) is 0 Å². The Balaban J connectivity index is 1.56. The van der Waals surface area contributed by atoms with Gasteiger partial charge in [-0.3, -0.25) is 0 Å². The third kappa shape index (κ3) is 2.55. The van der Waals surface area contributed by atoms with Crippen molar-refractivity contribution in [3.63, 3.8) is 0 Å². The van der Waals surface area contributed by atoms with Gasteiger partial charge in [0, 0.05) is 31.2 Å². The number of hydrogen-bond donors (Lipinski definition) is 1. The number of fused-ring (bicyclic) bond motifs is 1. The van der Waals surface area contributed by atoms with E-state index >= 15 is 0 Å². The fourth-order valence-corrected chi connectivity index (χ4v) is 2.96. The second-order valence-corrected chi connectivity index (χ2v) is 5.21. The summed E-state index contributed by atoms with van der Waals surface area (Å²) >= 11 is 0. The highest BCUT2D eigenvalue weighted by Gasteiger charge is 2.23. The first-order valence-corrected chi connectivity index (χ1v) is 6.81. The molecule has 1 saturated heterocycles. The molecule has 1 aliphatic heterocycles. The lowest BCUT2D eigenvalue weighted by atomic mass is 9.92. The highest BCUT2D eigenvalue weighted by atomic mass is 16.5. The van der Waals surface area contributed by atoms with E-state index in [1.54, 1.807) is 0 Å². The summed E-state index contributed by atoms with van der Waals surface area (Å²) < 4.78 is 10.9. The molecule has 94 valence electrons. The molecule has 1 aromatic heterocycles. The monoisotopic (exact) mass is 235 g/mol. The second-order valence-electron chi connectivity index (χ2n) is 5.21. The Bertz CT molecular complexity index is 355. The molecule has 2 heterocycles. The van der Waals surface area contributed by atoms with Crippen molar-refractivity contribution in [3.8, 4) is 0 Å². The van der Waals surface area contributed by atoms with Crippen LogP contribution in [0.15, 0.2) is 16.7 Å². The molecule has 1 aromatic rings. The molecular weight excluding hydrogens is 214 g/mol. The van der Waals surface area contributed by atoms with Crippen LogP contribution in [-0.2, 0) is 11.2 Å². The maximum Gasteiger partial charge on any atom is 0.108 e. The topological polar surface area (TPSA) is 34.4 Å². The molecule has 0 amide bonds. The van der Waals surface area contributed by atoms with E-state index in [4.69, 9.17) is 9.15 Å². The molecule has 1 atom stereocenters. The lowest BCUT2D eigenvalue weighted by molar-refractivity contribution is 0.0652. The largest absolute Gasteiger partial charge is 0.469 e. The van der Waals surface area contributed by atoms with E-state index in [9.17, 15) is 0 Å². The smallest absolute Gasteiger partial charge is 0.108 e. The summed E-state index contributed by atoms with van der Waals surface area (Å²) in [6, 6.07) is 2.65. The molecule has 2 aliphatic rings. The van der Waals surface area contributed by atoms with Gasteiger partial charge in [-0.25, -0.2) is 0 Å². The Morgan fingerprint density at radius 2 is 2.12 bits per heavy atom. The van der Waals surface area contributed by atoms with Crippen molar-refractivity contribution < 1.29 is 9.15 Å². The SMILES string of the molecule is c1cc2c(o1)CCCC2NCC1CCOCC1. The van der Waals surface area contributed by atoms with E-state index in [0.29, 0.717) is 6.04 Å². The molecule has 3 rings (SSSR count). The number of aryl methyl sites for hydroxylation is 1. The Labute approximate surface area is 103 Å². The first-order valence-electron chi connectivity index (χ1n) is 6.81. The van der Waals surface area contributed by atoms with Crippen molar-refractivity contribution in [1.29, 1.82) is 0 Å². The minimum absolute atomic E-state index is 0.514. The maximum absolute atomic E-state index is 5.52. The van der Waals surface area contributed by atoms with Crippen LogP contribution in [0.3, 0.4) is 0 Å². The molecule has 0 saturated carbocycles. The Kier molecular flexibility index (Phi) is 3.48. The molecule has 17 heavy (non-hydrogen) atoms. The van der Waals surface area contributed by atoms with Crippen molar-refractivity contribution in [2.75, 3.05) is 19.8 Å². The van der Waals surface area contributed by atoms with Crippen molar-refractivity contribution >= 4 is 0 Å². The first kappa shape index (κ1) is 11.3. The summed E-state index contributed by atoms with van der Waals surface area (Å²) in [6.07, 6.45) is 7.84. The highest BCUT2D eigenvalue weighted by molar-refractivity contribution is 5.23. The summed E-state index contributed by atoms with van der Waals surface area (Å²) in [6.45, 7) is 3.00. The lowest BCUT2D eigenvalue weighted by Gasteiger charge is -2.27.